The highest BCUT2D eigenvalue weighted by Gasteiger charge is 2.35. The fourth-order valence-electron chi connectivity index (χ4n) is 13.6. The van der Waals surface area contributed by atoms with Gasteiger partial charge in [0.25, 0.3) is 0 Å². The van der Waals surface area contributed by atoms with Gasteiger partial charge in [-0.15, -0.1) is 0 Å². The number of benzene rings is 4. The molecule has 7 aliphatic rings. The molecule has 0 saturated carbocycles. The van der Waals surface area contributed by atoms with Gasteiger partial charge in [-0.05, 0) is 176 Å². The van der Waals surface area contributed by atoms with Crippen LogP contribution in [-0.2, 0) is 111 Å². The van der Waals surface area contributed by atoms with Crippen molar-refractivity contribution in [3.05, 3.63) is 208 Å². The van der Waals surface area contributed by atoms with Crippen LogP contribution in [0.15, 0.2) is 142 Å². The molecule has 4 aromatic carbocycles. The van der Waals surface area contributed by atoms with Crippen LogP contribution in [0.3, 0.4) is 0 Å². The third-order valence-electron chi connectivity index (χ3n) is 18.9. The molecule has 0 atom stereocenters. The summed E-state index contributed by atoms with van der Waals surface area (Å²) in [6.45, 7) is 25.9. The Bertz CT molecular complexity index is 3460. The van der Waals surface area contributed by atoms with Crippen molar-refractivity contribution in [2.45, 2.75) is 195 Å². The minimum absolute atomic E-state index is 0.0610. The van der Waals surface area contributed by atoms with Gasteiger partial charge in [0, 0.05) is 96.0 Å². The van der Waals surface area contributed by atoms with Gasteiger partial charge in [0.1, 0.15) is 23.0 Å². The van der Waals surface area contributed by atoms with Crippen LogP contribution in [0.2, 0.25) is 0 Å². The third kappa shape index (κ3) is 14.8. The topological polar surface area (TPSA) is 173 Å². The van der Waals surface area contributed by atoms with Gasteiger partial charge < -0.3 is 18.9 Å². The number of ether oxygens (including phenoxy) is 4. The summed E-state index contributed by atoms with van der Waals surface area (Å²) in [6, 6.07) is 16.2. The van der Waals surface area contributed by atoms with Crippen molar-refractivity contribution >= 4 is 46.3 Å². The fraction of sp³-hybridized carbons (Fsp3) is 0.415. The van der Waals surface area contributed by atoms with Gasteiger partial charge in [-0.2, -0.15) is 0 Å². The predicted octanol–water partition coefficient (Wildman–Crippen LogP) is 14.2. The number of hydrogen-bond donors (Lipinski definition) is 0. The summed E-state index contributed by atoms with van der Waals surface area (Å²) in [5.74, 6) is -0.253. The Kier molecular flexibility index (Phi) is 18.7. The second-order valence-electron chi connectivity index (χ2n) is 30.7. The van der Waals surface area contributed by atoms with E-state index in [1.54, 1.807) is 0 Å². The van der Waals surface area contributed by atoms with Crippen molar-refractivity contribution in [1.82, 2.24) is 0 Å². The summed E-state index contributed by atoms with van der Waals surface area (Å²) in [5, 5.41) is 0. The zero-order chi connectivity index (χ0) is 67.3. The number of ketones is 8. The van der Waals surface area contributed by atoms with Gasteiger partial charge in [-0.3, -0.25) is 38.4 Å². The summed E-state index contributed by atoms with van der Waals surface area (Å²) >= 11 is 0. The van der Waals surface area contributed by atoms with Crippen LogP contribution < -0.4 is 18.9 Å². The smallest absolute Gasteiger partial charge is 0.185 e. The van der Waals surface area contributed by atoms with Crippen LogP contribution in [0.25, 0.3) is 0 Å². The molecular formula is C82H88O12. The lowest BCUT2D eigenvalue weighted by molar-refractivity contribution is -0.115. The van der Waals surface area contributed by atoms with Crippen molar-refractivity contribution in [2.75, 3.05) is 26.4 Å². The summed E-state index contributed by atoms with van der Waals surface area (Å²) in [5.41, 5.74) is 9.99. The maximum Gasteiger partial charge on any atom is 0.185 e. The molecule has 0 saturated heterocycles. The first kappa shape index (κ1) is 66.8. The normalized spacial score (nSPS) is 19.1. The summed E-state index contributed by atoms with van der Waals surface area (Å²) < 4.78 is 27.6. The van der Waals surface area contributed by atoms with Crippen LogP contribution in [-0.4, -0.2) is 72.7 Å². The van der Waals surface area contributed by atoms with Gasteiger partial charge >= 0.3 is 0 Å². The van der Waals surface area contributed by atoms with Crippen LogP contribution in [0.5, 0.6) is 23.0 Å². The Morgan fingerprint density at radius 2 is 0.383 bits per heavy atom. The Hall–Kier alpha value is -8.64. The van der Waals surface area contributed by atoms with E-state index in [1.807, 2.05) is 48.5 Å². The number of hydrogen-bond acceptors (Lipinski definition) is 12. The second kappa shape index (κ2) is 26.3. The summed E-state index contributed by atoms with van der Waals surface area (Å²) in [6.07, 6.45) is 15.3. The molecule has 4 aromatic rings. The maximum atomic E-state index is 15.1. The second-order valence-corrected chi connectivity index (χ2v) is 30.7. The first-order chi connectivity index (χ1) is 44.3. The Balaban J connectivity index is 1.04. The monoisotopic (exact) mass is 1260 g/mol. The summed E-state index contributed by atoms with van der Waals surface area (Å²) in [7, 11) is 0. The Morgan fingerprint density at radius 1 is 0.234 bits per heavy atom. The van der Waals surface area contributed by atoms with E-state index in [2.05, 4.69) is 83.1 Å². The molecule has 0 radical (unpaired) electrons. The Labute approximate surface area is 553 Å². The predicted molar refractivity (Wildman–Crippen MR) is 365 cm³/mol. The Morgan fingerprint density at radius 3 is 0.521 bits per heavy atom. The highest BCUT2D eigenvalue weighted by Crippen LogP contribution is 2.43. The molecule has 6 aliphatic carbocycles. The van der Waals surface area contributed by atoms with Crippen LogP contribution >= 0.6 is 0 Å². The van der Waals surface area contributed by atoms with E-state index in [4.69, 9.17) is 18.9 Å². The molecule has 0 unspecified atom stereocenters. The minimum atomic E-state index is -0.402. The molecule has 12 heteroatoms. The van der Waals surface area contributed by atoms with Gasteiger partial charge in [-0.25, -0.2) is 0 Å². The molecule has 0 spiro atoms. The average molecular weight is 1270 g/mol. The van der Waals surface area contributed by atoms with Crippen molar-refractivity contribution in [3.8, 4) is 23.0 Å². The van der Waals surface area contributed by atoms with Crippen molar-refractivity contribution in [1.29, 1.82) is 0 Å². The lowest BCUT2D eigenvalue weighted by Crippen LogP contribution is -2.22. The largest absolute Gasteiger partial charge is 0.493 e. The molecule has 1 heterocycles. The molecule has 488 valence electrons. The molecule has 20 bridgehead atoms. The molecule has 0 amide bonds. The average Bonchev–Trinajstić information content (AvgIpc) is 0.783. The number of carbonyl (C=O) groups excluding carboxylic acids is 8. The van der Waals surface area contributed by atoms with Gasteiger partial charge in [0.2, 0.25) is 0 Å². The van der Waals surface area contributed by atoms with E-state index in [0.717, 1.165) is 22.3 Å². The van der Waals surface area contributed by atoms with Crippen molar-refractivity contribution < 1.29 is 57.3 Å². The van der Waals surface area contributed by atoms with Gasteiger partial charge in [-0.1, -0.05) is 132 Å². The van der Waals surface area contributed by atoms with Gasteiger partial charge in [0.15, 0.2) is 46.3 Å². The molecule has 0 aromatic heterocycles. The molecule has 0 fully saturated rings. The van der Waals surface area contributed by atoms with Crippen LogP contribution in [0.1, 0.15) is 188 Å². The first-order valence-corrected chi connectivity index (χ1v) is 33.5. The third-order valence-corrected chi connectivity index (χ3v) is 18.9. The van der Waals surface area contributed by atoms with Crippen LogP contribution in [0.4, 0.5) is 0 Å². The maximum absolute atomic E-state index is 15.1. The molecular weight excluding hydrogens is 1180 g/mol. The highest BCUT2D eigenvalue weighted by atomic mass is 16.5. The fourth-order valence-corrected chi connectivity index (χ4v) is 13.6. The number of fused-ring (bicyclic) bond motifs is 4. The molecule has 12 nitrogen and oxygen atoms in total. The van der Waals surface area contributed by atoms with E-state index in [-0.39, 0.29) is 124 Å². The molecule has 1 aliphatic heterocycles. The number of carbonyl (C=O) groups is 8. The first-order valence-electron chi connectivity index (χ1n) is 33.5. The lowest BCUT2D eigenvalue weighted by atomic mass is 9.79. The molecule has 11 rings (SSSR count). The van der Waals surface area contributed by atoms with Crippen molar-refractivity contribution in [3.63, 3.8) is 0 Å². The summed E-state index contributed by atoms with van der Waals surface area (Å²) in [4.78, 5) is 117. The highest BCUT2D eigenvalue weighted by molar-refractivity contribution is 6.23. The van der Waals surface area contributed by atoms with Crippen molar-refractivity contribution in [2.24, 2.45) is 0 Å². The van der Waals surface area contributed by atoms with E-state index in [1.165, 1.54) is 48.6 Å². The number of rotatable bonds is 0. The minimum Gasteiger partial charge on any atom is -0.493 e. The molecule has 94 heavy (non-hydrogen) atoms. The van der Waals surface area contributed by atoms with E-state index >= 15 is 19.2 Å². The standard InChI is InChI=1S/C82H88O12/c1-79(2,3)63-31-55-23-47-39-67(83)41-49(71(47)87)25-57-33-64(80(4,5)6)34-58-26-50-42-68(84)40-48(72(50)88)24-56(32-63)75(55)91-19-15-13-16-20-92-77-59-27-51-43-69(85)45-53(73(51)89)29-61-37-66(82(10,11)12)38-62(78(61)94-22-18-14-17-21-93-76(57)58)30-54-46-70(86)44-52(74(54)90)28-60(77)36-65(35-59)81(7,8)9/h31-46H,13-30H2,1-12H3. The zero-order valence-corrected chi connectivity index (χ0v) is 56.9. The zero-order valence-electron chi connectivity index (χ0n) is 56.9. The lowest BCUT2D eigenvalue weighted by Gasteiger charge is -2.27. The quantitative estimate of drug-likeness (QED) is 0.153. The van der Waals surface area contributed by atoms with E-state index in [9.17, 15) is 19.2 Å². The van der Waals surface area contributed by atoms with Crippen LogP contribution in [0, 0.1) is 0 Å². The van der Waals surface area contributed by atoms with E-state index < -0.39 is 21.7 Å². The number of Topliss-reactive ketones (excluding diaryl/α,β-unsaturated/α-hetero) is 4. The molecule has 0 N–H and O–H groups in total. The number of allylic oxidation sites excluding steroid dienone is 16. The van der Waals surface area contributed by atoms with E-state index in [0.29, 0.717) is 151 Å². The SMILES string of the molecule is CC(C)(C)c1cc2c3c(c1)CC1=CC(=O)C=C(Cc4cc(C(C)(C)C)cc(c4OCCCCCOc4c5cc(C(C)(C)C)cc4CC4=CC(=O)C=C(Cc6cc(C(C)(C)C)cc(c6OCCCCCO3)CC3=CC(=O)C=C(C5)C3=O)C4=O)CC3=CC(=O)C=C(C2)C3=O)C1=O. The van der Waals surface area contributed by atoms with Gasteiger partial charge in [0.05, 0.1) is 26.4 Å².